The summed E-state index contributed by atoms with van der Waals surface area (Å²) in [6.45, 7) is 1.24. The van der Waals surface area contributed by atoms with Gasteiger partial charge < -0.3 is 10.2 Å². The van der Waals surface area contributed by atoms with Gasteiger partial charge in [-0.25, -0.2) is 0 Å². The molecule has 1 aromatic heterocycles. The molecule has 0 unspecified atom stereocenters. The first-order valence-corrected chi connectivity index (χ1v) is 11.1. The fraction of sp³-hybridized carbons (Fsp3) is 0.480. The van der Waals surface area contributed by atoms with Gasteiger partial charge in [-0.3, -0.25) is 19.5 Å². The Kier molecular flexibility index (Phi) is 6.10. The monoisotopic (exact) mass is 420 g/mol. The second kappa shape index (κ2) is 8.79. The van der Waals surface area contributed by atoms with Gasteiger partial charge in [0.15, 0.2) is 0 Å². The van der Waals surface area contributed by atoms with Gasteiger partial charge in [-0.1, -0.05) is 30.3 Å². The molecule has 6 heteroatoms. The van der Waals surface area contributed by atoms with E-state index in [0.29, 0.717) is 25.1 Å². The molecule has 0 radical (unpaired) electrons. The van der Waals surface area contributed by atoms with Crippen molar-refractivity contribution in [1.82, 2.24) is 14.8 Å². The van der Waals surface area contributed by atoms with Gasteiger partial charge in [0.1, 0.15) is 0 Å². The molecule has 2 amide bonds. The maximum absolute atomic E-state index is 12.8. The van der Waals surface area contributed by atoms with Crippen LogP contribution >= 0.6 is 0 Å². The van der Waals surface area contributed by atoms with Crippen LogP contribution in [0.1, 0.15) is 44.1 Å². The van der Waals surface area contributed by atoms with Crippen LogP contribution in [0.3, 0.4) is 0 Å². The Labute approximate surface area is 184 Å². The zero-order valence-electron chi connectivity index (χ0n) is 18.5. The Hall–Kier alpha value is -2.73. The zero-order valence-corrected chi connectivity index (χ0v) is 18.5. The SMILES string of the molecule is CN(C)C1(c2ccccc2)CCC2(CC1)CC(=O)N(CCC(=O)Nc1cccnc1)C2. The molecule has 1 aliphatic heterocycles. The summed E-state index contributed by atoms with van der Waals surface area (Å²) in [4.78, 5) is 33.3. The summed E-state index contributed by atoms with van der Waals surface area (Å²) in [5.74, 6) is 0.104. The number of aromatic nitrogens is 1. The predicted octanol–water partition coefficient (Wildman–Crippen LogP) is 3.66. The van der Waals surface area contributed by atoms with Gasteiger partial charge in [0.05, 0.1) is 11.9 Å². The number of anilines is 1. The average Bonchev–Trinajstić information content (AvgIpc) is 3.09. The van der Waals surface area contributed by atoms with Gasteiger partial charge in [-0.05, 0) is 62.9 Å². The molecule has 1 N–H and O–H groups in total. The summed E-state index contributed by atoms with van der Waals surface area (Å²) in [7, 11) is 4.33. The first-order valence-electron chi connectivity index (χ1n) is 11.1. The summed E-state index contributed by atoms with van der Waals surface area (Å²) in [6.07, 6.45) is 8.37. The van der Waals surface area contributed by atoms with Crippen LogP contribution in [-0.2, 0) is 15.1 Å². The molecule has 4 rings (SSSR count). The van der Waals surface area contributed by atoms with E-state index in [4.69, 9.17) is 0 Å². The second-order valence-electron chi connectivity index (χ2n) is 9.32. The Morgan fingerprint density at radius 2 is 1.84 bits per heavy atom. The van der Waals surface area contributed by atoms with Crippen LogP contribution in [0.2, 0.25) is 0 Å². The number of carbonyl (C=O) groups excluding carboxylic acids is 2. The third-order valence-electron chi connectivity index (χ3n) is 7.26. The number of likely N-dealkylation sites (tertiary alicyclic amines) is 1. The Bertz CT molecular complexity index is 906. The van der Waals surface area contributed by atoms with E-state index in [1.54, 1.807) is 18.5 Å². The Balaban J connectivity index is 1.35. The highest BCUT2D eigenvalue weighted by Crippen LogP contribution is 2.52. The molecule has 1 spiro atoms. The van der Waals surface area contributed by atoms with Crippen molar-refractivity contribution < 1.29 is 9.59 Å². The summed E-state index contributed by atoms with van der Waals surface area (Å²) in [6, 6.07) is 14.3. The van der Waals surface area contributed by atoms with Crippen molar-refractivity contribution in [3.63, 3.8) is 0 Å². The molecule has 2 heterocycles. The van der Waals surface area contributed by atoms with Crippen LogP contribution in [-0.4, -0.2) is 53.8 Å². The standard InChI is InChI=1S/C25H32N4O2/c1-28(2)25(20-7-4-3-5-8-20)13-11-24(12-14-25)17-23(31)29(19-24)16-10-22(30)27-21-9-6-15-26-18-21/h3-9,15,18H,10-14,16-17,19H2,1-2H3,(H,27,30). The minimum Gasteiger partial charge on any atom is -0.342 e. The number of benzene rings is 1. The third-order valence-corrected chi connectivity index (χ3v) is 7.26. The van der Waals surface area contributed by atoms with Crippen LogP contribution in [0.4, 0.5) is 5.69 Å². The van der Waals surface area contributed by atoms with E-state index in [9.17, 15) is 9.59 Å². The van der Waals surface area contributed by atoms with Gasteiger partial charge in [0.2, 0.25) is 11.8 Å². The van der Waals surface area contributed by atoms with E-state index in [1.165, 1.54) is 5.56 Å². The summed E-state index contributed by atoms with van der Waals surface area (Å²) in [5, 5.41) is 2.85. The molecule has 1 saturated carbocycles. The van der Waals surface area contributed by atoms with Crippen molar-refractivity contribution in [1.29, 1.82) is 0 Å². The molecule has 2 aromatic rings. The highest BCUT2D eigenvalue weighted by atomic mass is 16.2. The zero-order chi connectivity index (χ0) is 21.9. The normalized spacial score (nSPS) is 25.9. The average molecular weight is 421 g/mol. The molecule has 2 fully saturated rings. The number of carbonyl (C=O) groups is 2. The van der Waals surface area contributed by atoms with E-state index in [2.05, 4.69) is 59.6 Å². The van der Waals surface area contributed by atoms with Crippen molar-refractivity contribution in [2.45, 2.75) is 44.1 Å². The quantitative estimate of drug-likeness (QED) is 0.775. The molecule has 6 nitrogen and oxygen atoms in total. The lowest BCUT2D eigenvalue weighted by Crippen LogP contribution is -2.47. The molecular weight excluding hydrogens is 388 g/mol. The van der Waals surface area contributed by atoms with Gasteiger partial charge in [-0.2, -0.15) is 0 Å². The number of hydrogen-bond acceptors (Lipinski definition) is 4. The van der Waals surface area contributed by atoms with E-state index in [0.717, 1.165) is 32.2 Å². The van der Waals surface area contributed by atoms with E-state index < -0.39 is 0 Å². The molecule has 1 aromatic carbocycles. The highest BCUT2D eigenvalue weighted by molar-refractivity contribution is 5.91. The molecule has 1 aliphatic carbocycles. The van der Waals surface area contributed by atoms with Crippen molar-refractivity contribution in [3.8, 4) is 0 Å². The van der Waals surface area contributed by atoms with E-state index >= 15 is 0 Å². The first kappa shape index (κ1) is 21.5. The summed E-state index contributed by atoms with van der Waals surface area (Å²) >= 11 is 0. The lowest BCUT2D eigenvalue weighted by molar-refractivity contribution is -0.128. The first-order chi connectivity index (χ1) is 14.9. The Morgan fingerprint density at radius 3 is 2.48 bits per heavy atom. The molecule has 1 saturated heterocycles. The maximum Gasteiger partial charge on any atom is 0.226 e. The second-order valence-corrected chi connectivity index (χ2v) is 9.32. The van der Waals surface area contributed by atoms with Gasteiger partial charge >= 0.3 is 0 Å². The van der Waals surface area contributed by atoms with Crippen molar-refractivity contribution in [3.05, 3.63) is 60.4 Å². The molecule has 164 valence electrons. The number of rotatable bonds is 6. The topological polar surface area (TPSA) is 65.5 Å². The fourth-order valence-corrected chi connectivity index (χ4v) is 5.35. The maximum atomic E-state index is 12.8. The van der Waals surface area contributed by atoms with Gasteiger partial charge in [0, 0.05) is 37.7 Å². The van der Waals surface area contributed by atoms with Crippen molar-refractivity contribution in [2.24, 2.45) is 5.41 Å². The number of pyridine rings is 1. The molecule has 2 aliphatic rings. The molecule has 0 bridgehead atoms. The molecule has 0 atom stereocenters. The van der Waals surface area contributed by atoms with E-state index in [1.807, 2.05) is 11.0 Å². The predicted molar refractivity (Wildman–Crippen MR) is 121 cm³/mol. The van der Waals surface area contributed by atoms with Crippen LogP contribution in [0, 0.1) is 5.41 Å². The Morgan fingerprint density at radius 1 is 1.10 bits per heavy atom. The summed E-state index contributed by atoms with van der Waals surface area (Å²) < 4.78 is 0. The smallest absolute Gasteiger partial charge is 0.226 e. The van der Waals surface area contributed by atoms with Crippen molar-refractivity contribution in [2.75, 3.05) is 32.5 Å². The lowest BCUT2D eigenvalue weighted by atomic mass is 9.64. The number of hydrogen-bond donors (Lipinski definition) is 1. The van der Waals surface area contributed by atoms with Crippen LogP contribution in [0.15, 0.2) is 54.9 Å². The van der Waals surface area contributed by atoms with Crippen molar-refractivity contribution >= 4 is 17.5 Å². The van der Waals surface area contributed by atoms with Crippen LogP contribution < -0.4 is 5.32 Å². The van der Waals surface area contributed by atoms with Crippen LogP contribution in [0.5, 0.6) is 0 Å². The minimum atomic E-state index is -0.0823. The largest absolute Gasteiger partial charge is 0.342 e. The van der Waals surface area contributed by atoms with Gasteiger partial charge in [0.25, 0.3) is 0 Å². The number of nitrogens with zero attached hydrogens (tertiary/aromatic N) is 3. The van der Waals surface area contributed by atoms with Crippen LogP contribution in [0.25, 0.3) is 0 Å². The molecular formula is C25H32N4O2. The van der Waals surface area contributed by atoms with Gasteiger partial charge in [-0.15, -0.1) is 0 Å². The lowest BCUT2D eigenvalue weighted by Gasteiger charge is -2.48. The highest BCUT2D eigenvalue weighted by Gasteiger charge is 2.50. The third kappa shape index (κ3) is 4.49. The fourth-order valence-electron chi connectivity index (χ4n) is 5.35. The van der Waals surface area contributed by atoms with E-state index in [-0.39, 0.29) is 22.8 Å². The molecule has 31 heavy (non-hydrogen) atoms. The number of nitrogens with one attached hydrogen (secondary N) is 1. The minimum absolute atomic E-state index is 0.0343. The summed E-state index contributed by atoms with van der Waals surface area (Å²) in [5.41, 5.74) is 2.13. The number of amides is 2.